The van der Waals surface area contributed by atoms with Crippen LogP contribution in [0, 0.1) is 20.2 Å². The lowest BCUT2D eigenvalue weighted by Crippen LogP contribution is -2.34. The molecule has 0 saturated heterocycles. The molecule has 13 nitrogen and oxygen atoms in total. The summed E-state index contributed by atoms with van der Waals surface area (Å²) in [6, 6.07) is 12.6. The number of nitrogens with zero attached hydrogens (tertiary/aromatic N) is 2. The first-order valence-corrected chi connectivity index (χ1v) is 13.3. The van der Waals surface area contributed by atoms with Crippen LogP contribution in [0.2, 0.25) is 0 Å². The van der Waals surface area contributed by atoms with Crippen LogP contribution >= 0.6 is 0 Å². The lowest BCUT2D eigenvalue weighted by atomic mass is 10.1. The summed E-state index contributed by atoms with van der Waals surface area (Å²) in [5, 5.41) is 25.6. The maximum Gasteiger partial charge on any atom is 0.418 e. The molecule has 0 unspecified atom stereocenters. The van der Waals surface area contributed by atoms with E-state index in [-0.39, 0.29) is 57.2 Å². The van der Waals surface area contributed by atoms with Gasteiger partial charge in [-0.15, -0.1) is 0 Å². The quantitative estimate of drug-likeness (QED) is 0.299. The molecule has 44 heavy (non-hydrogen) atoms. The van der Waals surface area contributed by atoms with Crippen molar-refractivity contribution in [1.82, 2.24) is 0 Å². The summed E-state index contributed by atoms with van der Waals surface area (Å²) in [5.41, 5.74) is -4.81. The van der Waals surface area contributed by atoms with E-state index in [9.17, 15) is 33.4 Å². The average molecular weight is 624 g/mol. The van der Waals surface area contributed by atoms with Gasteiger partial charge in [0, 0.05) is 6.07 Å². The Morgan fingerprint density at radius 2 is 1.14 bits per heavy atom. The van der Waals surface area contributed by atoms with Gasteiger partial charge in [-0.25, -0.2) is 0 Å². The Kier molecular flexibility index (Phi) is 11.0. The molecule has 1 aliphatic heterocycles. The number of fused-ring (bicyclic) bond motifs is 2. The number of alkyl halides is 3. The van der Waals surface area contributed by atoms with E-state index >= 15 is 0 Å². The summed E-state index contributed by atoms with van der Waals surface area (Å²) in [7, 11) is 0. The van der Waals surface area contributed by atoms with Crippen LogP contribution < -0.4 is 24.3 Å². The Labute approximate surface area is 248 Å². The summed E-state index contributed by atoms with van der Waals surface area (Å²) >= 11 is 0. The van der Waals surface area contributed by atoms with Crippen LogP contribution in [0.5, 0.6) is 23.0 Å². The molecule has 3 aromatic rings. The van der Waals surface area contributed by atoms with Crippen LogP contribution in [0.15, 0.2) is 60.7 Å². The van der Waals surface area contributed by atoms with Gasteiger partial charge < -0.3 is 33.7 Å². The minimum atomic E-state index is -5.18. The van der Waals surface area contributed by atoms with Crippen LogP contribution in [-0.4, -0.2) is 68.7 Å². The smallest absolute Gasteiger partial charge is 0.418 e. The number of hydrogen-bond acceptors (Lipinski definition) is 11. The predicted octanol–water partition coefficient (Wildman–Crippen LogP) is 5.26. The van der Waals surface area contributed by atoms with Crippen LogP contribution in [-0.2, 0) is 15.7 Å². The van der Waals surface area contributed by atoms with Gasteiger partial charge in [0.2, 0.25) is 0 Å². The summed E-state index contributed by atoms with van der Waals surface area (Å²) in [5.74, 6) is 1.11. The van der Waals surface area contributed by atoms with Crippen molar-refractivity contribution in [3.05, 3.63) is 86.5 Å². The fourth-order valence-electron chi connectivity index (χ4n) is 4.07. The number of para-hydroxylation sites is 4. The van der Waals surface area contributed by atoms with E-state index < -0.39 is 44.7 Å². The van der Waals surface area contributed by atoms with Gasteiger partial charge in [-0.1, -0.05) is 24.3 Å². The minimum absolute atomic E-state index is 0.160. The van der Waals surface area contributed by atoms with Gasteiger partial charge in [0.1, 0.15) is 32.1 Å². The summed E-state index contributed by atoms with van der Waals surface area (Å²) in [4.78, 5) is 20.8. The number of hydrogen-bond donors (Lipinski definition) is 1. The Hall–Kier alpha value is -4.83. The highest BCUT2D eigenvalue weighted by Crippen LogP contribution is 2.43. The van der Waals surface area contributed by atoms with Gasteiger partial charge in [-0.3, -0.25) is 20.2 Å². The van der Waals surface area contributed by atoms with E-state index in [1.54, 1.807) is 48.5 Å². The topological polar surface area (TPSA) is 154 Å². The van der Waals surface area contributed by atoms with Crippen molar-refractivity contribution in [3.63, 3.8) is 0 Å². The number of nitro benzene ring substituents is 2. The standard InChI is InChI=1S/C28H28F3N3O10/c29-28(30,31)21-15-20(33(35)36)16-22(34(37)38)27(21)32-19-17-43-25-7-3-1-5-23(25)41-13-11-39-9-10-40-12-14-42-24-6-2-4-8-26(24)44-18-19/h1-8,15-16,19,32H,9-14,17-18H2. The minimum Gasteiger partial charge on any atom is -0.487 e. The maximum absolute atomic E-state index is 14.1. The molecule has 1 N–H and O–H groups in total. The Morgan fingerprint density at radius 1 is 0.682 bits per heavy atom. The molecule has 1 heterocycles. The number of benzene rings is 3. The maximum atomic E-state index is 14.1. The molecule has 4 rings (SSSR count). The number of halogens is 3. The van der Waals surface area contributed by atoms with Crippen LogP contribution in [0.1, 0.15) is 5.56 Å². The van der Waals surface area contributed by atoms with Crippen molar-refractivity contribution in [2.24, 2.45) is 0 Å². The first kappa shape index (κ1) is 32.1. The van der Waals surface area contributed by atoms with E-state index in [0.29, 0.717) is 30.8 Å². The molecule has 3 aromatic carbocycles. The van der Waals surface area contributed by atoms with Gasteiger partial charge in [0.25, 0.3) is 11.4 Å². The van der Waals surface area contributed by atoms with Crippen LogP contribution in [0.3, 0.4) is 0 Å². The number of non-ortho nitro benzene ring substituents is 1. The number of nitro groups is 2. The number of nitrogens with one attached hydrogen (secondary N) is 1. The second kappa shape index (κ2) is 15.1. The zero-order chi connectivity index (χ0) is 31.5. The highest BCUT2D eigenvalue weighted by Gasteiger charge is 2.40. The molecule has 16 heteroatoms. The van der Waals surface area contributed by atoms with Crippen LogP contribution in [0.25, 0.3) is 0 Å². The molecular weight excluding hydrogens is 595 g/mol. The normalized spacial score (nSPS) is 15.7. The van der Waals surface area contributed by atoms with Gasteiger partial charge in [0.15, 0.2) is 23.0 Å². The van der Waals surface area contributed by atoms with E-state index in [1.807, 2.05) is 0 Å². The SMILES string of the molecule is O=[N+]([O-])c1cc([N+](=O)[O-])c(NC2COc3ccccc3OCCOCCOCCOc3ccccc3OC2)c(C(F)(F)F)c1. The van der Waals surface area contributed by atoms with Gasteiger partial charge in [-0.05, 0) is 24.3 Å². The van der Waals surface area contributed by atoms with Crippen molar-refractivity contribution < 1.29 is 51.4 Å². The summed E-state index contributed by atoms with van der Waals surface area (Å²) in [6.07, 6.45) is -5.18. The molecule has 0 radical (unpaired) electrons. The van der Waals surface area contributed by atoms with Crippen molar-refractivity contribution in [2.75, 3.05) is 58.2 Å². The zero-order valence-corrected chi connectivity index (χ0v) is 23.1. The fraction of sp³-hybridized carbons (Fsp3) is 0.357. The van der Waals surface area contributed by atoms with E-state index in [1.165, 1.54) is 0 Å². The third-order valence-electron chi connectivity index (χ3n) is 6.08. The third kappa shape index (κ3) is 8.84. The van der Waals surface area contributed by atoms with E-state index in [4.69, 9.17) is 28.4 Å². The van der Waals surface area contributed by atoms with Crippen LogP contribution in [0.4, 0.5) is 30.2 Å². The van der Waals surface area contributed by atoms with Crippen molar-refractivity contribution in [1.29, 1.82) is 0 Å². The lowest BCUT2D eigenvalue weighted by molar-refractivity contribution is -0.394. The highest BCUT2D eigenvalue weighted by molar-refractivity contribution is 5.71. The predicted molar refractivity (Wildman–Crippen MR) is 149 cm³/mol. The molecule has 0 amide bonds. The second-order valence-electron chi connectivity index (χ2n) is 9.18. The molecule has 236 valence electrons. The van der Waals surface area contributed by atoms with Gasteiger partial charge in [-0.2, -0.15) is 13.2 Å². The Bertz CT molecular complexity index is 1380. The van der Waals surface area contributed by atoms with E-state index in [2.05, 4.69) is 5.32 Å². The first-order valence-electron chi connectivity index (χ1n) is 13.3. The number of rotatable bonds is 4. The number of ether oxygens (including phenoxy) is 6. The molecule has 0 atom stereocenters. The van der Waals surface area contributed by atoms with Crippen molar-refractivity contribution in [2.45, 2.75) is 12.2 Å². The molecule has 0 aliphatic carbocycles. The molecule has 0 bridgehead atoms. The van der Waals surface area contributed by atoms with Gasteiger partial charge in [0.05, 0.1) is 53.9 Å². The molecule has 0 saturated carbocycles. The summed E-state index contributed by atoms with van der Waals surface area (Å²) < 4.78 is 76.5. The molecule has 0 aromatic heterocycles. The van der Waals surface area contributed by atoms with E-state index in [0.717, 1.165) is 0 Å². The second-order valence-corrected chi connectivity index (χ2v) is 9.18. The summed E-state index contributed by atoms with van der Waals surface area (Å²) in [6.45, 7) is 0.721. The lowest BCUT2D eigenvalue weighted by Gasteiger charge is -2.24. The average Bonchev–Trinajstić information content (AvgIpc) is 2.99. The van der Waals surface area contributed by atoms with Gasteiger partial charge >= 0.3 is 6.18 Å². The Morgan fingerprint density at radius 3 is 1.57 bits per heavy atom. The fourth-order valence-corrected chi connectivity index (χ4v) is 4.07. The third-order valence-corrected chi connectivity index (χ3v) is 6.08. The molecule has 0 spiro atoms. The zero-order valence-electron chi connectivity index (χ0n) is 23.1. The van der Waals surface area contributed by atoms with Crippen molar-refractivity contribution in [3.8, 4) is 23.0 Å². The first-order chi connectivity index (χ1) is 21.1. The number of anilines is 1. The molecule has 1 aliphatic rings. The molecule has 0 fully saturated rings. The highest BCUT2D eigenvalue weighted by atomic mass is 19.4. The monoisotopic (exact) mass is 623 g/mol. The Balaban J connectivity index is 1.70. The molecular formula is C28H28F3N3O10. The largest absolute Gasteiger partial charge is 0.487 e. The van der Waals surface area contributed by atoms with Crippen molar-refractivity contribution >= 4 is 17.1 Å².